The third-order valence-corrected chi connectivity index (χ3v) is 5.92. The molecule has 2 aliphatic heterocycles. The van der Waals surface area contributed by atoms with Crippen molar-refractivity contribution in [2.24, 2.45) is 0 Å². The molecule has 4 rings (SSSR count). The molecule has 0 aromatic heterocycles. The van der Waals surface area contributed by atoms with Crippen LogP contribution in [-0.4, -0.2) is 57.8 Å². The van der Waals surface area contributed by atoms with Gasteiger partial charge >= 0.3 is 0 Å². The van der Waals surface area contributed by atoms with Gasteiger partial charge < -0.3 is 5.11 Å². The lowest BCUT2D eigenvalue weighted by molar-refractivity contribution is 0.0492. The van der Waals surface area contributed by atoms with E-state index >= 15 is 0 Å². The van der Waals surface area contributed by atoms with Crippen molar-refractivity contribution in [1.82, 2.24) is 15.3 Å². The maximum atomic E-state index is 13.4. The third-order valence-electron chi connectivity index (χ3n) is 5.92. The molecule has 2 aromatic rings. The summed E-state index contributed by atoms with van der Waals surface area (Å²) in [4.78, 5) is 54.0. The smallest absolute Gasteiger partial charge is 0.275 e. The molecule has 0 aliphatic carbocycles. The van der Waals surface area contributed by atoms with Crippen molar-refractivity contribution in [1.29, 1.82) is 0 Å². The predicted molar refractivity (Wildman–Crippen MR) is 114 cm³/mol. The van der Waals surface area contributed by atoms with Crippen LogP contribution in [0.3, 0.4) is 0 Å². The Morgan fingerprint density at radius 1 is 0.774 bits per heavy atom. The lowest BCUT2D eigenvalue weighted by Gasteiger charge is -2.35. The van der Waals surface area contributed by atoms with Crippen molar-refractivity contribution in [2.75, 3.05) is 13.2 Å². The van der Waals surface area contributed by atoms with Crippen molar-refractivity contribution in [2.45, 2.75) is 45.6 Å². The summed E-state index contributed by atoms with van der Waals surface area (Å²) in [5.74, 6) is -1.92. The van der Waals surface area contributed by atoms with Crippen molar-refractivity contribution >= 4 is 34.4 Å². The van der Waals surface area contributed by atoms with E-state index < -0.39 is 11.8 Å². The molecule has 0 unspecified atom stereocenters. The van der Waals surface area contributed by atoms with Crippen LogP contribution in [-0.2, 0) is 0 Å². The molecule has 8 heteroatoms. The van der Waals surface area contributed by atoms with Gasteiger partial charge in [-0.15, -0.1) is 0 Å². The van der Waals surface area contributed by atoms with Gasteiger partial charge in [-0.1, -0.05) is 26.7 Å². The fourth-order valence-corrected chi connectivity index (χ4v) is 4.60. The molecular formula is C23H25N3O5. The Hall–Kier alpha value is -3.10. The molecule has 4 amide bonds. The fourth-order valence-electron chi connectivity index (χ4n) is 4.60. The first kappa shape index (κ1) is 21.1. The summed E-state index contributed by atoms with van der Waals surface area (Å²) >= 11 is 0. The van der Waals surface area contributed by atoms with E-state index in [2.05, 4.69) is 5.43 Å². The van der Waals surface area contributed by atoms with Crippen molar-refractivity contribution in [3.8, 4) is 0 Å². The Balaban J connectivity index is 1.88. The van der Waals surface area contributed by atoms with E-state index in [9.17, 15) is 19.2 Å². The molecule has 31 heavy (non-hydrogen) atoms. The number of rotatable bonds is 8. The van der Waals surface area contributed by atoms with Crippen LogP contribution in [0.5, 0.6) is 0 Å². The molecule has 8 nitrogen and oxygen atoms in total. The number of aliphatic hydroxyl groups is 1. The van der Waals surface area contributed by atoms with Crippen LogP contribution < -0.4 is 5.43 Å². The van der Waals surface area contributed by atoms with Crippen LogP contribution in [0.2, 0.25) is 0 Å². The molecule has 0 spiro atoms. The van der Waals surface area contributed by atoms with Gasteiger partial charge in [0.2, 0.25) is 0 Å². The zero-order valence-corrected chi connectivity index (χ0v) is 17.6. The lowest BCUT2D eigenvalue weighted by Crippen LogP contribution is -2.51. The minimum absolute atomic E-state index is 0.0360. The fraction of sp³-hybridized carbons (Fsp3) is 0.391. The van der Waals surface area contributed by atoms with Crippen molar-refractivity contribution in [3.63, 3.8) is 0 Å². The highest BCUT2D eigenvalue weighted by Gasteiger charge is 2.41. The maximum Gasteiger partial charge on any atom is 0.275 e. The molecule has 2 aliphatic rings. The van der Waals surface area contributed by atoms with E-state index in [0.717, 1.165) is 30.7 Å². The summed E-state index contributed by atoms with van der Waals surface area (Å²) in [6.07, 6.45) is 3.15. The molecule has 0 saturated heterocycles. The highest BCUT2D eigenvalue weighted by atomic mass is 16.3. The van der Waals surface area contributed by atoms with Crippen LogP contribution in [0.1, 0.15) is 81.0 Å². The summed E-state index contributed by atoms with van der Waals surface area (Å²) in [6.45, 7) is 3.84. The molecule has 0 saturated carbocycles. The number of aliphatic hydroxyl groups excluding tert-OH is 1. The molecule has 2 aromatic carbocycles. The van der Waals surface area contributed by atoms with Gasteiger partial charge in [0, 0.05) is 34.5 Å². The van der Waals surface area contributed by atoms with Crippen LogP contribution in [0.25, 0.3) is 10.8 Å². The van der Waals surface area contributed by atoms with E-state index in [1.165, 1.54) is 17.0 Å². The molecule has 0 radical (unpaired) electrons. The van der Waals surface area contributed by atoms with E-state index in [1.807, 2.05) is 13.8 Å². The van der Waals surface area contributed by atoms with Gasteiger partial charge in [-0.2, -0.15) is 0 Å². The van der Waals surface area contributed by atoms with Gasteiger partial charge in [0.05, 0.1) is 17.7 Å². The lowest BCUT2D eigenvalue weighted by atomic mass is 9.85. The second-order valence-corrected chi connectivity index (χ2v) is 7.86. The number of hydrogen-bond donors (Lipinski definition) is 2. The van der Waals surface area contributed by atoms with Gasteiger partial charge in [-0.25, -0.2) is 10.4 Å². The highest BCUT2D eigenvalue weighted by molar-refractivity contribution is 6.33. The number of benzene rings is 2. The van der Waals surface area contributed by atoms with Crippen LogP contribution in [0.4, 0.5) is 0 Å². The molecule has 0 fully saturated rings. The zero-order chi connectivity index (χ0) is 22.3. The first-order chi connectivity index (χ1) is 15.0. The van der Waals surface area contributed by atoms with Crippen LogP contribution >= 0.6 is 0 Å². The number of amides is 4. The number of imide groups is 2. The van der Waals surface area contributed by atoms with E-state index in [4.69, 9.17) is 5.11 Å². The molecule has 162 valence electrons. The first-order valence-corrected chi connectivity index (χ1v) is 10.7. The Morgan fingerprint density at radius 2 is 1.19 bits per heavy atom. The standard InChI is InChI=1S/C23H25N3O5/c1-3-5-13(6-4-2)25-20(28)14-7-9-16-19-17(10-8-15(18(14)19)21(25)29)23(31)26(22(16)30)24-11-12-27/h7-10,13,24,27H,3-6,11-12H2,1-2H3. The number of hydrazine groups is 1. The topological polar surface area (TPSA) is 107 Å². The number of nitrogens with one attached hydrogen (secondary N) is 1. The average molecular weight is 423 g/mol. The minimum atomic E-state index is -0.577. The predicted octanol–water partition coefficient (Wildman–Crippen LogP) is 2.50. The highest BCUT2D eigenvalue weighted by Crippen LogP contribution is 2.38. The monoisotopic (exact) mass is 423 g/mol. The number of carbonyl (C=O) groups is 4. The van der Waals surface area contributed by atoms with Gasteiger partial charge in [0.15, 0.2) is 0 Å². The van der Waals surface area contributed by atoms with Gasteiger partial charge in [-0.3, -0.25) is 24.1 Å². The number of nitrogens with zero attached hydrogens (tertiary/aromatic N) is 2. The van der Waals surface area contributed by atoms with Crippen molar-refractivity contribution in [3.05, 3.63) is 46.5 Å². The maximum absolute atomic E-state index is 13.4. The second-order valence-electron chi connectivity index (χ2n) is 7.86. The Kier molecular flexibility index (Phi) is 5.60. The van der Waals surface area contributed by atoms with Crippen LogP contribution in [0, 0.1) is 0 Å². The number of hydrogen-bond acceptors (Lipinski definition) is 6. The summed E-state index contributed by atoms with van der Waals surface area (Å²) < 4.78 is 0. The number of carbonyl (C=O) groups excluding carboxylic acids is 4. The Labute approximate surface area is 179 Å². The summed E-state index contributed by atoms with van der Waals surface area (Å²) in [5, 5.41) is 10.6. The first-order valence-electron chi connectivity index (χ1n) is 10.7. The molecule has 2 heterocycles. The largest absolute Gasteiger partial charge is 0.395 e. The normalized spacial score (nSPS) is 15.6. The zero-order valence-electron chi connectivity index (χ0n) is 17.6. The van der Waals surface area contributed by atoms with Crippen molar-refractivity contribution < 1.29 is 24.3 Å². The van der Waals surface area contributed by atoms with Gasteiger partial charge in [0.1, 0.15) is 0 Å². The van der Waals surface area contributed by atoms with E-state index in [1.54, 1.807) is 12.1 Å². The molecule has 0 atom stereocenters. The Morgan fingerprint density at radius 3 is 1.58 bits per heavy atom. The summed E-state index contributed by atoms with van der Waals surface area (Å²) in [5.41, 5.74) is 3.78. The molecule has 0 bridgehead atoms. The van der Waals surface area contributed by atoms with Crippen LogP contribution in [0.15, 0.2) is 24.3 Å². The second kappa shape index (κ2) is 8.20. The van der Waals surface area contributed by atoms with Gasteiger partial charge in [-0.05, 0) is 37.1 Å². The summed E-state index contributed by atoms with van der Waals surface area (Å²) in [7, 11) is 0. The minimum Gasteiger partial charge on any atom is -0.395 e. The molecule has 2 N–H and O–H groups in total. The third kappa shape index (κ3) is 3.14. The quantitative estimate of drug-likeness (QED) is 0.632. The van der Waals surface area contributed by atoms with E-state index in [-0.39, 0.29) is 42.1 Å². The Bertz CT molecular complexity index is 1030. The summed E-state index contributed by atoms with van der Waals surface area (Å²) in [6, 6.07) is 6.02. The average Bonchev–Trinajstić information content (AvgIpc) is 2.76. The van der Waals surface area contributed by atoms with Gasteiger partial charge in [0.25, 0.3) is 23.6 Å². The molecular weight excluding hydrogens is 398 g/mol. The van der Waals surface area contributed by atoms with E-state index in [0.29, 0.717) is 21.9 Å². The SMILES string of the molecule is CCCC(CCC)N1C(=O)c2ccc3c4c(ccc(c24)C1=O)C(=O)N(NCCO)C3=O.